The molecule has 2 aromatic carbocycles. The van der Waals surface area contributed by atoms with E-state index in [0.29, 0.717) is 45.2 Å². The molecule has 3 aromatic heterocycles. The van der Waals surface area contributed by atoms with Gasteiger partial charge in [-0.25, -0.2) is 18.4 Å². The molecule has 27 heteroatoms. The van der Waals surface area contributed by atoms with Gasteiger partial charge >= 0.3 is 15.6 Å². The number of nitrogens with zero attached hydrogens (tertiary/aromatic N) is 6. The molecule has 24 nitrogen and oxygen atoms in total. The minimum Gasteiger partial charge on any atom is -0.756 e. The van der Waals surface area contributed by atoms with Crippen LogP contribution in [0.3, 0.4) is 0 Å². The molecule has 3 unspecified atom stereocenters. The number of ether oxygens (including phenoxy) is 1. The highest BCUT2D eigenvalue weighted by atomic mass is 31.3. The molecule has 1 fully saturated rings. The molecule has 0 saturated carbocycles. The van der Waals surface area contributed by atoms with Crippen molar-refractivity contribution in [2.75, 3.05) is 63.5 Å². The Balaban J connectivity index is 0.884. The summed E-state index contributed by atoms with van der Waals surface area (Å²) in [5.41, 5.74) is 8.85. The second-order valence-corrected chi connectivity index (χ2v) is 20.0. The number of hydrogen-bond acceptors (Lipinski definition) is 18. The second-order valence-electron chi connectivity index (χ2n) is 15.4. The number of aliphatic hydroxyl groups excluding tert-OH is 2. The van der Waals surface area contributed by atoms with Crippen molar-refractivity contribution in [1.29, 1.82) is 0 Å². The Morgan fingerprint density at radius 3 is 2.20 bits per heavy atom. The van der Waals surface area contributed by atoms with E-state index in [1.54, 1.807) is 0 Å². The third-order valence-corrected chi connectivity index (χ3v) is 14.5. The van der Waals surface area contributed by atoms with Gasteiger partial charge in [0.15, 0.2) is 17.4 Å². The fourth-order valence-corrected chi connectivity index (χ4v) is 10.6. The number of aromatic nitrogens is 5. The molecular weight excluding hydrogens is 903 g/mol. The van der Waals surface area contributed by atoms with Crippen molar-refractivity contribution in [2.24, 2.45) is 0 Å². The molecular formula is C37H52N9O15P3. The fourth-order valence-electron chi connectivity index (χ4n) is 7.05. The Hall–Kier alpha value is -4.38. The summed E-state index contributed by atoms with van der Waals surface area (Å²) in [6.07, 6.45) is -2.72. The number of unbranched alkanes of at least 4 members (excludes halogenated alkanes) is 3. The number of nitrogens with one attached hydrogen (secondary N) is 2. The van der Waals surface area contributed by atoms with Crippen molar-refractivity contribution in [1.82, 2.24) is 24.8 Å². The molecule has 8 N–H and O–H groups in total. The molecule has 1 aliphatic heterocycles. The van der Waals surface area contributed by atoms with E-state index < -0.39 is 66.8 Å². The van der Waals surface area contributed by atoms with Gasteiger partial charge in [0, 0.05) is 81.9 Å². The highest BCUT2D eigenvalue weighted by Gasteiger charge is 2.46. The van der Waals surface area contributed by atoms with E-state index in [4.69, 9.17) is 10.5 Å². The number of H-pyrrole nitrogens is 1. The van der Waals surface area contributed by atoms with Crippen molar-refractivity contribution >= 4 is 79.7 Å². The normalized spacial score (nSPS) is 20.6. The molecule has 1 saturated heterocycles. The van der Waals surface area contributed by atoms with Crippen molar-refractivity contribution in [3.05, 3.63) is 59.1 Å². The number of carbonyl (C=O) groups excluding carboxylic acids is 1. The summed E-state index contributed by atoms with van der Waals surface area (Å²) < 4.78 is 63.2. The maximum atomic E-state index is 12.8. The monoisotopic (exact) mass is 955 g/mol. The van der Waals surface area contributed by atoms with Crippen LogP contribution in [-0.4, -0.2) is 112 Å². The number of pyridine rings is 1. The molecule has 350 valence electrons. The van der Waals surface area contributed by atoms with Gasteiger partial charge in [0.2, 0.25) is 22.9 Å². The van der Waals surface area contributed by atoms with Gasteiger partial charge in [-0.15, -0.1) is 0 Å². The summed E-state index contributed by atoms with van der Waals surface area (Å²) >= 11 is 0. The molecule has 1 aliphatic rings. The zero-order valence-electron chi connectivity index (χ0n) is 35.4. The van der Waals surface area contributed by atoms with Crippen LogP contribution in [-0.2, 0) is 47.4 Å². The van der Waals surface area contributed by atoms with Crippen molar-refractivity contribution < 1.29 is 70.4 Å². The summed E-state index contributed by atoms with van der Waals surface area (Å²) in [6, 6.07) is 14.8. The zero-order chi connectivity index (χ0) is 46.6. The maximum absolute atomic E-state index is 12.8. The predicted octanol–water partition coefficient (Wildman–Crippen LogP) is 1.94. The van der Waals surface area contributed by atoms with Gasteiger partial charge in [-0.1, -0.05) is 12.8 Å². The minimum atomic E-state index is -5.85. The summed E-state index contributed by atoms with van der Waals surface area (Å²) in [4.78, 5) is 71.2. The Kier molecular flexibility index (Phi) is 15.7. The lowest BCUT2D eigenvalue weighted by Crippen LogP contribution is -2.37. The number of anilines is 3. The summed E-state index contributed by atoms with van der Waals surface area (Å²) in [6.45, 7) is -0.479. The maximum Gasteiger partial charge on any atom is 0.487 e. The summed E-state index contributed by atoms with van der Waals surface area (Å²) in [7, 11) is -9.03. The molecule has 0 aliphatic carbocycles. The molecule has 1 amide bonds. The van der Waals surface area contributed by atoms with E-state index in [-0.39, 0.29) is 29.4 Å². The second kappa shape index (κ2) is 20.4. The summed E-state index contributed by atoms with van der Waals surface area (Å²) in [5.74, 6) is -0.384. The first-order chi connectivity index (χ1) is 30.1. The molecule has 4 heterocycles. The van der Waals surface area contributed by atoms with E-state index in [9.17, 15) is 48.2 Å². The van der Waals surface area contributed by atoms with Crippen molar-refractivity contribution in [2.45, 2.75) is 69.6 Å². The molecule has 5 aromatic rings. The highest BCUT2D eigenvalue weighted by molar-refractivity contribution is 7.66. The standard InChI is InChI=1S/C37H52N9O15P3/c1-43(2)25-13-11-23-18-24-12-14-26(44(3)4)20-28(24)45(27(23)19-25)16-9-10-30(47)39-15-7-5-6-8-17-57-62(51,52)60-64(55,56)61-63(53,54)58-21-29-32(48)33(49)36(59-29)46-22-40-31-34(46)41-37(38)42-35(31)50/h11-14,18-20,22,29,32-33,36,48-49H,5-10,15-17,21H2,1-4H3,(H6-,38,39,41,42,47,50,51,52,53,54,55,56)/t29-,32-,33-,36-/m1/s1. The van der Waals surface area contributed by atoms with Gasteiger partial charge in [0.05, 0.1) is 19.5 Å². The lowest BCUT2D eigenvalue weighted by molar-refractivity contribution is -0.645. The van der Waals surface area contributed by atoms with Crippen LogP contribution < -0.4 is 35.9 Å². The fraction of sp³-hybridized carbons (Fsp3) is 0.486. The number of phosphoric ester groups is 2. The summed E-state index contributed by atoms with van der Waals surface area (Å²) in [5, 5.41) is 26.1. The number of hydrogen-bond donors (Lipinski definition) is 7. The average molecular weight is 956 g/mol. The number of aromatic amines is 1. The first kappa shape index (κ1) is 49.1. The molecule has 0 radical (unpaired) electrons. The third kappa shape index (κ3) is 12.3. The highest BCUT2D eigenvalue weighted by Crippen LogP contribution is 2.66. The van der Waals surface area contributed by atoms with Crippen LogP contribution in [0, 0.1) is 0 Å². The molecule has 64 heavy (non-hydrogen) atoms. The van der Waals surface area contributed by atoms with Gasteiger partial charge in [-0.2, -0.15) is 13.9 Å². The third-order valence-electron chi connectivity index (χ3n) is 10.3. The number of aryl methyl sites for hydroxylation is 1. The van der Waals surface area contributed by atoms with Crippen LogP contribution in [0.2, 0.25) is 0 Å². The molecule has 0 bridgehead atoms. The van der Waals surface area contributed by atoms with Gasteiger partial charge in [0.1, 0.15) is 24.9 Å². The largest absolute Gasteiger partial charge is 0.756 e. The number of aliphatic hydroxyl groups is 2. The van der Waals surface area contributed by atoms with Gasteiger partial charge < -0.3 is 55.0 Å². The Morgan fingerprint density at radius 2 is 1.56 bits per heavy atom. The number of amides is 1. The van der Waals surface area contributed by atoms with Crippen molar-refractivity contribution in [3.8, 4) is 0 Å². The van der Waals surface area contributed by atoms with Crippen LogP contribution in [0.5, 0.6) is 0 Å². The molecule has 0 spiro atoms. The van der Waals surface area contributed by atoms with Gasteiger partial charge in [-0.05, 0) is 43.2 Å². The SMILES string of the molecule is CN(C)c1ccc2cc3ccc(N(C)C)cc3[n+](CCCC(=O)NCCCCCCOP(=O)([O-])OP(=O)(O)OP(=O)(O)OC[C@H]3O[C@@H](n4cnc5c(=O)[nH]c(N)nc54)[C@H](O)[C@@H]3O)c2c1. The topological polar surface area (TPSA) is 330 Å². The number of rotatable bonds is 22. The lowest BCUT2D eigenvalue weighted by atomic mass is 10.1. The number of nitrogens with two attached hydrogens (primary N) is 1. The number of carbonyl (C=O) groups is 1. The Labute approximate surface area is 366 Å². The number of fused-ring (bicyclic) bond motifs is 3. The quantitative estimate of drug-likeness (QED) is 0.0226. The van der Waals surface area contributed by atoms with Crippen LogP contribution in [0.25, 0.3) is 33.0 Å². The van der Waals surface area contributed by atoms with E-state index >= 15 is 0 Å². The van der Waals surface area contributed by atoms with E-state index in [2.05, 4.69) is 85.0 Å². The van der Waals surface area contributed by atoms with E-state index in [1.807, 2.05) is 38.0 Å². The number of imidazole rings is 1. The Morgan fingerprint density at radius 1 is 0.922 bits per heavy atom. The smallest absolute Gasteiger partial charge is 0.487 e. The average Bonchev–Trinajstić information content (AvgIpc) is 3.75. The van der Waals surface area contributed by atoms with Crippen LogP contribution in [0.15, 0.2) is 53.6 Å². The predicted molar refractivity (Wildman–Crippen MR) is 231 cm³/mol. The first-order valence-corrected chi connectivity index (χ1v) is 24.5. The number of phosphoric acid groups is 3. The van der Waals surface area contributed by atoms with E-state index in [1.165, 1.54) is 0 Å². The zero-order valence-corrected chi connectivity index (χ0v) is 38.1. The molecule has 7 atom stereocenters. The van der Waals surface area contributed by atoms with Gasteiger partial charge in [0.25, 0.3) is 13.4 Å². The first-order valence-electron chi connectivity index (χ1n) is 20.1. The van der Waals surface area contributed by atoms with Crippen LogP contribution in [0.4, 0.5) is 17.3 Å². The lowest BCUT2D eigenvalue weighted by Gasteiger charge is -2.25. The number of nitrogen functional groups attached to an aromatic ring is 1. The van der Waals surface area contributed by atoms with Crippen LogP contribution in [0.1, 0.15) is 44.8 Å². The van der Waals surface area contributed by atoms with Gasteiger partial charge in [-0.3, -0.25) is 28.2 Å². The minimum absolute atomic E-state index is 0.102. The molecule has 6 rings (SSSR count). The van der Waals surface area contributed by atoms with E-state index in [0.717, 1.165) is 44.1 Å². The van der Waals surface area contributed by atoms with Crippen LogP contribution >= 0.6 is 23.5 Å². The Bertz CT molecular complexity index is 2620. The number of benzene rings is 2. The van der Waals surface area contributed by atoms with Crippen molar-refractivity contribution in [3.63, 3.8) is 0 Å².